The van der Waals surface area contributed by atoms with Crippen LogP contribution in [0.4, 0.5) is 0 Å². The Bertz CT molecular complexity index is 392. The fraction of sp³-hybridized carbons (Fsp3) is 0.444. The zero-order chi connectivity index (χ0) is 9.47. The van der Waals surface area contributed by atoms with Gasteiger partial charge in [0.15, 0.2) is 0 Å². The molecule has 1 aromatic rings. The number of hydrogen-bond acceptors (Lipinski definition) is 4. The molecule has 0 aromatic carbocycles. The van der Waals surface area contributed by atoms with E-state index in [1.165, 1.54) is 0 Å². The molecule has 0 radical (unpaired) electrons. The maximum absolute atomic E-state index is 10.8. The van der Waals surface area contributed by atoms with Gasteiger partial charge < -0.3 is 4.52 Å². The first-order valence-corrected chi connectivity index (χ1v) is 4.03. The molecule has 13 heavy (non-hydrogen) atoms. The molecule has 0 bridgehead atoms. The summed E-state index contributed by atoms with van der Waals surface area (Å²) in [5, 5.41) is 12.7. The highest BCUT2D eigenvalue weighted by molar-refractivity contribution is 5.89. The highest BCUT2D eigenvalue weighted by atomic mass is 16.5. The van der Waals surface area contributed by atoms with E-state index in [9.17, 15) is 4.79 Å². The van der Waals surface area contributed by atoms with Crippen LogP contribution in [0, 0.1) is 18.3 Å². The second kappa shape index (κ2) is 2.43. The van der Waals surface area contributed by atoms with Crippen LogP contribution in [0.1, 0.15) is 24.3 Å². The maximum atomic E-state index is 10.8. The maximum Gasteiger partial charge on any atom is 0.136 e. The third kappa shape index (κ3) is 1.04. The molecule has 2 rings (SSSR count). The van der Waals surface area contributed by atoms with Gasteiger partial charge in [0, 0.05) is 18.9 Å². The number of rotatable bonds is 1. The summed E-state index contributed by atoms with van der Waals surface area (Å²) in [5.74, 6) is 0.783. The van der Waals surface area contributed by atoms with Gasteiger partial charge in [0.25, 0.3) is 0 Å². The van der Waals surface area contributed by atoms with E-state index < -0.39 is 5.41 Å². The third-order valence-electron chi connectivity index (χ3n) is 2.33. The smallest absolute Gasteiger partial charge is 0.136 e. The van der Waals surface area contributed by atoms with Crippen molar-refractivity contribution in [1.29, 1.82) is 5.26 Å². The number of carbonyl (C=O) groups is 1. The second-order valence-corrected chi connectivity index (χ2v) is 3.41. The third-order valence-corrected chi connectivity index (χ3v) is 2.33. The van der Waals surface area contributed by atoms with Crippen LogP contribution in [0.2, 0.25) is 0 Å². The van der Waals surface area contributed by atoms with Crippen molar-refractivity contribution in [3.05, 3.63) is 17.5 Å². The number of nitrogens with zero attached hydrogens (tertiary/aromatic N) is 2. The largest absolute Gasteiger partial charge is 0.361 e. The molecular weight excluding hydrogens is 168 g/mol. The Morgan fingerprint density at radius 2 is 2.38 bits per heavy atom. The topological polar surface area (TPSA) is 66.9 Å². The Hall–Kier alpha value is -1.63. The summed E-state index contributed by atoms with van der Waals surface area (Å²) in [6.07, 6.45) is 0.547. The van der Waals surface area contributed by atoms with Crippen molar-refractivity contribution in [2.75, 3.05) is 0 Å². The molecule has 0 unspecified atom stereocenters. The quantitative estimate of drug-likeness (QED) is 0.642. The van der Waals surface area contributed by atoms with E-state index in [1.54, 1.807) is 13.0 Å². The van der Waals surface area contributed by atoms with Gasteiger partial charge in [-0.15, -0.1) is 0 Å². The Kier molecular flexibility index (Phi) is 1.49. The summed E-state index contributed by atoms with van der Waals surface area (Å²) >= 11 is 0. The van der Waals surface area contributed by atoms with Crippen molar-refractivity contribution in [3.63, 3.8) is 0 Å². The molecule has 1 aromatic heterocycles. The molecule has 0 atom stereocenters. The number of hydrogen-bond donors (Lipinski definition) is 0. The van der Waals surface area contributed by atoms with E-state index in [2.05, 4.69) is 11.2 Å². The molecule has 1 aliphatic rings. The number of nitriles is 1. The number of aromatic nitrogens is 1. The van der Waals surface area contributed by atoms with Crippen LogP contribution in [0.5, 0.6) is 0 Å². The van der Waals surface area contributed by atoms with E-state index in [0.717, 1.165) is 0 Å². The van der Waals surface area contributed by atoms with Crippen molar-refractivity contribution in [2.45, 2.75) is 25.2 Å². The van der Waals surface area contributed by atoms with E-state index in [-0.39, 0.29) is 18.6 Å². The van der Waals surface area contributed by atoms with Gasteiger partial charge in [-0.2, -0.15) is 5.26 Å². The predicted molar refractivity (Wildman–Crippen MR) is 42.8 cm³/mol. The standard InChI is InChI=1S/C9H8N2O2/c1-6-2-8(11-13-6)9(5-10)3-7(12)4-9/h2H,3-4H2,1H3. The Morgan fingerprint density at radius 3 is 2.77 bits per heavy atom. The van der Waals surface area contributed by atoms with Gasteiger partial charge in [0.1, 0.15) is 22.7 Å². The van der Waals surface area contributed by atoms with Crippen molar-refractivity contribution in [3.8, 4) is 6.07 Å². The minimum atomic E-state index is -0.700. The lowest BCUT2D eigenvalue weighted by Gasteiger charge is -2.30. The minimum Gasteiger partial charge on any atom is -0.361 e. The lowest BCUT2D eigenvalue weighted by Crippen LogP contribution is -2.40. The average Bonchev–Trinajstić information content (AvgIpc) is 2.46. The van der Waals surface area contributed by atoms with E-state index in [1.807, 2.05) is 0 Å². The first kappa shape index (κ1) is 7.99. The summed E-state index contributed by atoms with van der Waals surface area (Å²) in [5.41, 5.74) is -0.110. The van der Waals surface area contributed by atoms with Crippen LogP contribution in [-0.4, -0.2) is 10.9 Å². The van der Waals surface area contributed by atoms with Crippen molar-refractivity contribution >= 4 is 5.78 Å². The van der Waals surface area contributed by atoms with Crippen LogP contribution in [0.25, 0.3) is 0 Å². The fourth-order valence-corrected chi connectivity index (χ4v) is 1.53. The zero-order valence-corrected chi connectivity index (χ0v) is 7.20. The second-order valence-electron chi connectivity index (χ2n) is 3.41. The highest BCUT2D eigenvalue weighted by Crippen LogP contribution is 2.39. The molecule has 0 saturated heterocycles. The molecule has 0 N–H and O–H groups in total. The fourth-order valence-electron chi connectivity index (χ4n) is 1.53. The molecule has 0 aliphatic heterocycles. The first-order valence-electron chi connectivity index (χ1n) is 4.03. The van der Waals surface area contributed by atoms with Crippen LogP contribution >= 0.6 is 0 Å². The summed E-state index contributed by atoms with van der Waals surface area (Å²) in [6, 6.07) is 3.85. The van der Waals surface area contributed by atoms with Crippen LogP contribution < -0.4 is 0 Å². The molecule has 1 fully saturated rings. The lowest BCUT2D eigenvalue weighted by atomic mass is 9.67. The predicted octanol–water partition coefficient (Wildman–Crippen LogP) is 1.11. The molecule has 1 saturated carbocycles. The number of carbonyl (C=O) groups excluding carboxylic acids is 1. The van der Waals surface area contributed by atoms with Crippen LogP contribution in [0.3, 0.4) is 0 Å². The van der Waals surface area contributed by atoms with Crippen molar-refractivity contribution in [2.24, 2.45) is 0 Å². The van der Waals surface area contributed by atoms with Gasteiger partial charge in [-0.25, -0.2) is 0 Å². The van der Waals surface area contributed by atoms with Gasteiger partial charge in [-0.05, 0) is 6.92 Å². The lowest BCUT2D eigenvalue weighted by molar-refractivity contribution is -0.126. The molecular formula is C9H8N2O2. The highest BCUT2D eigenvalue weighted by Gasteiger charge is 2.47. The van der Waals surface area contributed by atoms with Gasteiger partial charge >= 0.3 is 0 Å². The zero-order valence-electron chi connectivity index (χ0n) is 7.20. The Labute approximate surface area is 75.1 Å². The van der Waals surface area contributed by atoms with Crippen LogP contribution in [-0.2, 0) is 10.2 Å². The molecule has 1 heterocycles. The number of aryl methyl sites for hydroxylation is 1. The normalized spacial score (nSPS) is 19.2. The SMILES string of the molecule is Cc1cc(C2(C#N)CC(=O)C2)no1. The molecule has 1 aliphatic carbocycles. The number of ketones is 1. The summed E-state index contributed by atoms with van der Waals surface area (Å²) in [7, 11) is 0. The molecule has 0 amide bonds. The van der Waals surface area contributed by atoms with E-state index >= 15 is 0 Å². The number of Topliss-reactive ketones (excluding diaryl/α,β-unsaturated/α-hetero) is 1. The molecule has 66 valence electrons. The van der Waals surface area contributed by atoms with Crippen molar-refractivity contribution in [1.82, 2.24) is 5.16 Å². The molecule has 0 spiro atoms. The van der Waals surface area contributed by atoms with Crippen molar-refractivity contribution < 1.29 is 9.32 Å². The monoisotopic (exact) mass is 176 g/mol. The summed E-state index contributed by atoms with van der Waals surface area (Å²) in [4.78, 5) is 10.8. The molecule has 4 nitrogen and oxygen atoms in total. The van der Waals surface area contributed by atoms with Gasteiger partial charge in [-0.3, -0.25) is 4.79 Å². The Balaban J connectivity index is 2.35. The van der Waals surface area contributed by atoms with Crippen LogP contribution in [0.15, 0.2) is 10.6 Å². The Morgan fingerprint density at radius 1 is 1.69 bits per heavy atom. The van der Waals surface area contributed by atoms with Gasteiger partial charge in [-0.1, -0.05) is 5.16 Å². The average molecular weight is 176 g/mol. The summed E-state index contributed by atoms with van der Waals surface area (Å²) < 4.78 is 4.87. The van der Waals surface area contributed by atoms with Gasteiger partial charge in [0.05, 0.1) is 6.07 Å². The van der Waals surface area contributed by atoms with Gasteiger partial charge in [0.2, 0.25) is 0 Å². The molecule has 4 heteroatoms. The summed E-state index contributed by atoms with van der Waals surface area (Å²) in [6.45, 7) is 1.77. The first-order chi connectivity index (χ1) is 6.16. The van der Waals surface area contributed by atoms with E-state index in [0.29, 0.717) is 11.5 Å². The minimum absolute atomic E-state index is 0.113. The van der Waals surface area contributed by atoms with E-state index in [4.69, 9.17) is 9.78 Å².